The first-order chi connectivity index (χ1) is 8.74. The SMILES string of the molecule is O=C(O)[C@@H](CC1CC1)Nc1ncnc2[nH]ccc12. The highest BCUT2D eigenvalue weighted by atomic mass is 16.4. The van der Waals surface area contributed by atoms with E-state index in [9.17, 15) is 9.90 Å². The topological polar surface area (TPSA) is 90.9 Å². The summed E-state index contributed by atoms with van der Waals surface area (Å²) in [6.45, 7) is 0. The monoisotopic (exact) mass is 246 g/mol. The number of carboxylic acid groups (broad SMARTS) is 1. The van der Waals surface area contributed by atoms with E-state index >= 15 is 0 Å². The molecule has 2 aromatic heterocycles. The molecule has 0 aromatic carbocycles. The van der Waals surface area contributed by atoms with Crippen molar-refractivity contribution in [1.82, 2.24) is 15.0 Å². The molecule has 1 aliphatic carbocycles. The van der Waals surface area contributed by atoms with Crippen molar-refractivity contribution in [3.05, 3.63) is 18.6 Å². The molecule has 0 aliphatic heterocycles. The van der Waals surface area contributed by atoms with Gasteiger partial charge in [-0.1, -0.05) is 12.8 Å². The Labute approximate surface area is 103 Å². The van der Waals surface area contributed by atoms with Gasteiger partial charge >= 0.3 is 5.97 Å². The smallest absolute Gasteiger partial charge is 0.326 e. The second kappa shape index (κ2) is 4.29. The lowest BCUT2D eigenvalue weighted by Gasteiger charge is -2.14. The summed E-state index contributed by atoms with van der Waals surface area (Å²) < 4.78 is 0. The highest BCUT2D eigenvalue weighted by molar-refractivity contribution is 5.89. The van der Waals surface area contributed by atoms with Gasteiger partial charge in [0, 0.05) is 6.20 Å². The van der Waals surface area contributed by atoms with Gasteiger partial charge in [0.25, 0.3) is 0 Å². The second-order valence-corrected chi connectivity index (χ2v) is 4.68. The molecule has 94 valence electrons. The molecule has 0 amide bonds. The maximum atomic E-state index is 11.2. The van der Waals surface area contributed by atoms with E-state index in [2.05, 4.69) is 20.3 Å². The zero-order chi connectivity index (χ0) is 12.5. The molecule has 1 atom stereocenters. The van der Waals surface area contributed by atoms with Crippen molar-refractivity contribution >= 4 is 22.8 Å². The maximum Gasteiger partial charge on any atom is 0.326 e. The Bertz CT molecular complexity index is 576. The standard InChI is InChI=1S/C12H14N4O2/c17-12(18)9(5-7-1-2-7)16-11-8-3-4-13-10(8)14-6-15-11/h3-4,6-7,9H,1-2,5H2,(H,17,18)(H2,13,14,15,16)/t9-/m1/s1. The number of H-pyrrole nitrogens is 1. The Morgan fingerprint density at radius 3 is 3.11 bits per heavy atom. The molecule has 0 unspecified atom stereocenters. The molecule has 3 N–H and O–H groups in total. The van der Waals surface area contributed by atoms with Gasteiger partial charge in [-0.15, -0.1) is 0 Å². The van der Waals surface area contributed by atoms with Crippen molar-refractivity contribution in [1.29, 1.82) is 0 Å². The summed E-state index contributed by atoms with van der Waals surface area (Å²) in [5.41, 5.74) is 0.711. The highest BCUT2D eigenvalue weighted by Gasteiger charge is 2.29. The quantitative estimate of drug-likeness (QED) is 0.745. The number of aromatic amines is 1. The minimum absolute atomic E-state index is 0.544. The second-order valence-electron chi connectivity index (χ2n) is 4.68. The first-order valence-corrected chi connectivity index (χ1v) is 6.01. The van der Waals surface area contributed by atoms with Crippen LogP contribution in [-0.4, -0.2) is 32.1 Å². The molecule has 18 heavy (non-hydrogen) atoms. The number of nitrogens with one attached hydrogen (secondary N) is 2. The van der Waals surface area contributed by atoms with Crippen LogP contribution in [0.4, 0.5) is 5.82 Å². The van der Waals surface area contributed by atoms with Crippen molar-refractivity contribution in [2.75, 3.05) is 5.32 Å². The first kappa shape index (κ1) is 11.0. The lowest BCUT2D eigenvalue weighted by Crippen LogP contribution is -2.30. The van der Waals surface area contributed by atoms with Crippen LogP contribution in [0.5, 0.6) is 0 Å². The molecular weight excluding hydrogens is 232 g/mol. The van der Waals surface area contributed by atoms with Gasteiger partial charge < -0.3 is 15.4 Å². The number of anilines is 1. The predicted molar refractivity (Wildman–Crippen MR) is 66.3 cm³/mol. The summed E-state index contributed by atoms with van der Waals surface area (Å²) in [6, 6.07) is 1.26. The summed E-state index contributed by atoms with van der Waals surface area (Å²) in [5, 5.41) is 13.0. The molecule has 0 radical (unpaired) electrons. The van der Waals surface area contributed by atoms with E-state index in [0.29, 0.717) is 23.8 Å². The number of nitrogens with zero attached hydrogens (tertiary/aromatic N) is 2. The van der Waals surface area contributed by atoms with E-state index in [1.807, 2.05) is 6.07 Å². The molecule has 1 aliphatic rings. The molecule has 0 saturated heterocycles. The Morgan fingerprint density at radius 2 is 2.39 bits per heavy atom. The fourth-order valence-corrected chi connectivity index (χ4v) is 2.06. The Kier molecular flexibility index (Phi) is 2.62. The van der Waals surface area contributed by atoms with Crippen LogP contribution >= 0.6 is 0 Å². The number of carboxylic acids is 1. The molecule has 1 fully saturated rings. The average molecular weight is 246 g/mol. The van der Waals surface area contributed by atoms with Crippen LogP contribution < -0.4 is 5.32 Å². The molecule has 2 heterocycles. The lowest BCUT2D eigenvalue weighted by molar-refractivity contribution is -0.138. The Balaban J connectivity index is 1.84. The number of fused-ring (bicyclic) bond motifs is 1. The first-order valence-electron chi connectivity index (χ1n) is 6.01. The third-order valence-electron chi connectivity index (χ3n) is 3.23. The van der Waals surface area contributed by atoms with Crippen LogP contribution in [-0.2, 0) is 4.79 Å². The molecular formula is C12H14N4O2. The van der Waals surface area contributed by atoms with Crippen LogP contribution in [0.25, 0.3) is 11.0 Å². The summed E-state index contributed by atoms with van der Waals surface area (Å²) in [7, 11) is 0. The number of hydrogen-bond acceptors (Lipinski definition) is 4. The van der Waals surface area contributed by atoms with Crippen molar-refractivity contribution in [2.45, 2.75) is 25.3 Å². The van der Waals surface area contributed by atoms with E-state index in [4.69, 9.17) is 0 Å². The van der Waals surface area contributed by atoms with Crippen LogP contribution in [0.1, 0.15) is 19.3 Å². The normalized spacial score (nSPS) is 16.7. The van der Waals surface area contributed by atoms with E-state index in [-0.39, 0.29) is 0 Å². The van der Waals surface area contributed by atoms with Gasteiger partial charge in [-0.05, 0) is 18.4 Å². The zero-order valence-electron chi connectivity index (χ0n) is 9.76. The van der Waals surface area contributed by atoms with Crippen LogP contribution in [0.3, 0.4) is 0 Å². The van der Waals surface area contributed by atoms with Crippen molar-refractivity contribution in [2.24, 2.45) is 5.92 Å². The number of hydrogen-bond donors (Lipinski definition) is 3. The maximum absolute atomic E-state index is 11.2. The zero-order valence-corrected chi connectivity index (χ0v) is 9.76. The van der Waals surface area contributed by atoms with Crippen LogP contribution in [0.15, 0.2) is 18.6 Å². The summed E-state index contributed by atoms with van der Waals surface area (Å²) in [5.74, 6) is 0.292. The molecule has 3 rings (SSSR count). The summed E-state index contributed by atoms with van der Waals surface area (Å²) in [4.78, 5) is 22.4. The summed E-state index contributed by atoms with van der Waals surface area (Å²) >= 11 is 0. The van der Waals surface area contributed by atoms with E-state index in [0.717, 1.165) is 18.2 Å². The molecule has 6 heteroatoms. The summed E-state index contributed by atoms with van der Waals surface area (Å²) in [6.07, 6.45) is 6.12. The fourth-order valence-electron chi connectivity index (χ4n) is 2.06. The lowest BCUT2D eigenvalue weighted by atomic mass is 10.1. The number of aromatic nitrogens is 3. The number of carbonyl (C=O) groups is 1. The molecule has 0 bridgehead atoms. The Hall–Kier alpha value is -2.11. The van der Waals surface area contributed by atoms with Crippen molar-refractivity contribution < 1.29 is 9.90 Å². The van der Waals surface area contributed by atoms with Gasteiger partial charge in [-0.3, -0.25) is 0 Å². The van der Waals surface area contributed by atoms with Crippen molar-refractivity contribution in [3.8, 4) is 0 Å². The van der Waals surface area contributed by atoms with Gasteiger partial charge in [-0.2, -0.15) is 0 Å². The average Bonchev–Trinajstić information content (AvgIpc) is 3.03. The van der Waals surface area contributed by atoms with Gasteiger partial charge in [-0.25, -0.2) is 14.8 Å². The molecule has 2 aromatic rings. The Morgan fingerprint density at radius 1 is 1.56 bits per heavy atom. The number of aliphatic carboxylic acids is 1. The van der Waals surface area contributed by atoms with E-state index in [1.165, 1.54) is 6.33 Å². The number of rotatable bonds is 5. The predicted octanol–water partition coefficient (Wildman–Crippen LogP) is 1.62. The van der Waals surface area contributed by atoms with Gasteiger partial charge in [0.2, 0.25) is 0 Å². The minimum Gasteiger partial charge on any atom is -0.480 e. The third kappa shape index (κ3) is 2.13. The molecule has 1 saturated carbocycles. The van der Waals surface area contributed by atoms with Gasteiger partial charge in [0.05, 0.1) is 5.39 Å². The van der Waals surface area contributed by atoms with Crippen LogP contribution in [0.2, 0.25) is 0 Å². The minimum atomic E-state index is -0.829. The third-order valence-corrected chi connectivity index (χ3v) is 3.23. The van der Waals surface area contributed by atoms with Crippen LogP contribution in [0, 0.1) is 5.92 Å². The molecule has 0 spiro atoms. The van der Waals surface area contributed by atoms with Gasteiger partial charge in [0.1, 0.15) is 23.8 Å². The van der Waals surface area contributed by atoms with E-state index < -0.39 is 12.0 Å². The van der Waals surface area contributed by atoms with Crippen molar-refractivity contribution in [3.63, 3.8) is 0 Å². The van der Waals surface area contributed by atoms with Gasteiger partial charge in [0.15, 0.2) is 0 Å². The van der Waals surface area contributed by atoms with E-state index in [1.54, 1.807) is 6.20 Å². The molecule has 6 nitrogen and oxygen atoms in total. The largest absolute Gasteiger partial charge is 0.480 e. The highest BCUT2D eigenvalue weighted by Crippen LogP contribution is 2.34. The fraction of sp³-hybridized carbons (Fsp3) is 0.417.